The first-order valence-electron chi connectivity index (χ1n) is 11.5. The van der Waals surface area contributed by atoms with Crippen LogP contribution in [-0.2, 0) is 23.9 Å². The lowest BCUT2D eigenvalue weighted by Crippen LogP contribution is -2.31. The first-order valence-corrected chi connectivity index (χ1v) is 11.5. The molecule has 1 atom stereocenters. The molecule has 0 spiro atoms. The molecule has 2 amide bonds. The Balaban J connectivity index is 1.65. The predicted molar refractivity (Wildman–Crippen MR) is 128 cm³/mol. The zero-order valence-corrected chi connectivity index (χ0v) is 19.7. The summed E-state index contributed by atoms with van der Waals surface area (Å²) in [6.45, 7) is 3.88. The van der Waals surface area contributed by atoms with E-state index in [1.54, 1.807) is 24.3 Å². The topological polar surface area (TPSA) is 111 Å². The number of unbranched alkanes of at least 4 members (excludes halogenated alkanes) is 2. The van der Waals surface area contributed by atoms with E-state index in [0.717, 1.165) is 24.8 Å². The fourth-order valence-corrected chi connectivity index (χ4v) is 3.06. The molecule has 34 heavy (non-hydrogen) atoms. The number of rotatable bonds is 13. The zero-order chi connectivity index (χ0) is 24.8. The van der Waals surface area contributed by atoms with E-state index in [4.69, 9.17) is 9.47 Å². The van der Waals surface area contributed by atoms with Crippen molar-refractivity contribution < 1.29 is 28.7 Å². The van der Waals surface area contributed by atoms with E-state index in [1.807, 2.05) is 37.3 Å². The molecule has 0 aliphatic rings. The van der Waals surface area contributed by atoms with Crippen molar-refractivity contribution in [3.63, 3.8) is 0 Å². The molecule has 2 aromatic carbocycles. The van der Waals surface area contributed by atoms with Gasteiger partial charge in [-0.3, -0.25) is 14.4 Å². The molecule has 0 saturated carbocycles. The molecule has 182 valence electrons. The van der Waals surface area contributed by atoms with E-state index in [0.29, 0.717) is 17.9 Å². The van der Waals surface area contributed by atoms with Gasteiger partial charge in [0.05, 0.1) is 24.6 Å². The van der Waals surface area contributed by atoms with Crippen LogP contribution in [-0.4, -0.2) is 37.0 Å². The average Bonchev–Trinajstić information content (AvgIpc) is 2.85. The predicted octanol–water partition coefficient (Wildman–Crippen LogP) is 4.17. The zero-order valence-electron chi connectivity index (χ0n) is 19.7. The fraction of sp³-hybridized carbons (Fsp3) is 0.385. The number of ether oxygens (including phenoxy) is 2. The second-order valence-electron chi connectivity index (χ2n) is 7.83. The Morgan fingerprint density at radius 2 is 1.56 bits per heavy atom. The molecule has 2 aromatic rings. The quantitative estimate of drug-likeness (QED) is 0.337. The Morgan fingerprint density at radius 1 is 0.853 bits per heavy atom. The summed E-state index contributed by atoms with van der Waals surface area (Å²) in [5, 5.41) is 5.40. The highest BCUT2D eigenvalue weighted by molar-refractivity contribution is 5.94. The molecule has 0 bridgehead atoms. The van der Waals surface area contributed by atoms with Gasteiger partial charge < -0.3 is 20.1 Å². The van der Waals surface area contributed by atoms with Gasteiger partial charge in [-0.05, 0) is 43.2 Å². The normalized spacial score (nSPS) is 11.2. The molecule has 8 heteroatoms. The van der Waals surface area contributed by atoms with Crippen molar-refractivity contribution in [2.24, 2.45) is 0 Å². The van der Waals surface area contributed by atoms with Gasteiger partial charge in [0.2, 0.25) is 5.91 Å². The van der Waals surface area contributed by atoms with Gasteiger partial charge in [0.25, 0.3) is 5.91 Å². The van der Waals surface area contributed by atoms with E-state index in [2.05, 4.69) is 17.6 Å². The molecule has 0 radical (unpaired) electrons. The molecule has 8 nitrogen and oxygen atoms in total. The number of benzene rings is 2. The molecule has 0 unspecified atom stereocenters. The summed E-state index contributed by atoms with van der Waals surface area (Å²) in [6, 6.07) is 15.5. The summed E-state index contributed by atoms with van der Waals surface area (Å²) in [5.41, 5.74) is 1.84. The standard InChI is InChI=1S/C26H32N2O6/c1-3-4-8-17-33-26(32)21-11-13-22(14-12-21)28-23(29)15-16-25(31)34-18-24(30)27-19(2)20-9-6-5-7-10-20/h5-7,9-14,19H,3-4,8,15-18H2,1-2H3,(H,27,30)(H,28,29)/t19-/m1/s1. The summed E-state index contributed by atoms with van der Waals surface area (Å²) in [6.07, 6.45) is 2.63. The molecule has 0 aliphatic heterocycles. The molecule has 0 aromatic heterocycles. The molecule has 0 fully saturated rings. The van der Waals surface area contributed by atoms with Gasteiger partial charge >= 0.3 is 11.9 Å². The van der Waals surface area contributed by atoms with Crippen LogP contribution in [0.4, 0.5) is 5.69 Å². The fourth-order valence-electron chi connectivity index (χ4n) is 3.06. The van der Waals surface area contributed by atoms with Crippen LogP contribution >= 0.6 is 0 Å². The monoisotopic (exact) mass is 468 g/mol. The number of amides is 2. The Labute approximate surface area is 200 Å². The van der Waals surface area contributed by atoms with Crippen molar-refractivity contribution in [3.8, 4) is 0 Å². The Bertz CT molecular complexity index is 944. The summed E-state index contributed by atoms with van der Waals surface area (Å²) < 4.78 is 10.1. The average molecular weight is 469 g/mol. The number of hydrogen-bond donors (Lipinski definition) is 2. The Morgan fingerprint density at radius 3 is 2.24 bits per heavy atom. The highest BCUT2D eigenvalue weighted by Gasteiger charge is 2.13. The summed E-state index contributed by atoms with van der Waals surface area (Å²) >= 11 is 0. The van der Waals surface area contributed by atoms with Gasteiger partial charge in [-0.1, -0.05) is 50.1 Å². The SMILES string of the molecule is CCCCCOC(=O)c1ccc(NC(=O)CCC(=O)OCC(=O)N[C@H](C)c2ccccc2)cc1. The molecular formula is C26H32N2O6. The highest BCUT2D eigenvalue weighted by atomic mass is 16.5. The van der Waals surface area contributed by atoms with Crippen LogP contribution in [0, 0.1) is 0 Å². The highest BCUT2D eigenvalue weighted by Crippen LogP contribution is 2.12. The lowest BCUT2D eigenvalue weighted by Gasteiger charge is -2.14. The maximum atomic E-state index is 12.1. The van der Waals surface area contributed by atoms with E-state index < -0.39 is 24.5 Å². The number of carbonyl (C=O) groups excluding carboxylic acids is 4. The minimum atomic E-state index is -0.640. The van der Waals surface area contributed by atoms with Crippen molar-refractivity contribution in [1.82, 2.24) is 5.32 Å². The number of nitrogens with one attached hydrogen (secondary N) is 2. The van der Waals surface area contributed by atoms with Gasteiger partial charge in [0.15, 0.2) is 6.61 Å². The number of anilines is 1. The van der Waals surface area contributed by atoms with Gasteiger partial charge in [0.1, 0.15) is 0 Å². The van der Waals surface area contributed by atoms with Crippen LogP contribution in [0.5, 0.6) is 0 Å². The van der Waals surface area contributed by atoms with E-state index in [-0.39, 0.29) is 24.8 Å². The van der Waals surface area contributed by atoms with E-state index >= 15 is 0 Å². The summed E-state index contributed by atoms with van der Waals surface area (Å²) in [5.74, 6) is -1.84. The van der Waals surface area contributed by atoms with E-state index in [9.17, 15) is 19.2 Å². The van der Waals surface area contributed by atoms with Crippen LogP contribution in [0.2, 0.25) is 0 Å². The van der Waals surface area contributed by atoms with Gasteiger partial charge in [0, 0.05) is 12.1 Å². The van der Waals surface area contributed by atoms with Crippen LogP contribution in [0.25, 0.3) is 0 Å². The third kappa shape index (κ3) is 9.85. The second-order valence-corrected chi connectivity index (χ2v) is 7.83. The lowest BCUT2D eigenvalue weighted by atomic mass is 10.1. The van der Waals surface area contributed by atoms with Crippen LogP contribution < -0.4 is 10.6 Å². The van der Waals surface area contributed by atoms with Crippen LogP contribution in [0.1, 0.15) is 67.9 Å². The maximum absolute atomic E-state index is 12.1. The molecule has 2 rings (SSSR count). The first kappa shape index (κ1) is 26.6. The molecule has 0 heterocycles. The van der Waals surface area contributed by atoms with Crippen LogP contribution in [0.3, 0.4) is 0 Å². The number of carbonyl (C=O) groups is 4. The lowest BCUT2D eigenvalue weighted by molar-refractivity contribution is -0.149. The Hall–Kier alpha value is -3.68. The van der Waals surface area contributed by atoms with Gasteiger partial charge in [-0.2, -0.15) is 0 Å². The minimum absolute atomic E-state index is 0.0951. The third-order valence-corrected chi connectivity index (χ3v) is 4.98. The maximum Gasteiger partial charge on any atom is 0.338 e. The van der Waals surface area contributed by atoms with Crippen molar-refractivity contribution in [1.29, 1.82) is 0 Å². The minimum Gasteiger partial charge on any atom is -0.462 e. The summed E-state index contributed by atoms with van der Waals surface area (Å²) in [7, 11) is 0. The first-order chi connectivity index (χ1) is 16.4. The number of esters is 2. The largest absolute Gasteiger partial charge is 0.462 e. The molecule has 2 N–H and O–H groups in total. The van der Waals surface area contributed by atoms with Gasteiger partial charge in [-0.15, -0.1) is 0 Å². The molecule has 0 saturated heterocycles. The molecule has 0 aliphatic carbocycles. The van der Waals surface area contributed by atoms with Crippen molar-refractivity contribution in [2.75, 3.05) is 18.5 Å². The smallest absolute Gasteiger partial charge is 0.338 e. The van der Waals surface area contributed by atoms with Crippen LogP contribution in [0.15, 0.2) is 54.6 Å². The van der Waals surface area contributed by atoms with Gasteiger partial charge in [-0.25, -0.2) is 4.79 Å². The third-order valence-electron chi connectivity index (χ3n) is 4.98. The Kier molecular flexibility index (Phi) is 11.3. The molecular weight excluding hydrogens is 436 g/mol. The van der Waals surface area contributed by atoms with Crippen molar-refractivity contribution in [2.45, 2.75) is 52.0 Å². The van der Waals surface area contributed by atoms with E-state index in [1.165, 1.54) is 0 Å². The van der Waals surface area contributed by atoms with Crippen molar-refractivity contribution >= 4 is 29.4 Å². The second kappa shape index (κ2) is 14.5. The van der Waals surface area contributed by atoms with Crippen molar-refractivity contribution in [3.05, 3.63) is 65.7 Å². The summed E-state index contributed by atoms with van der Waals surface area (Å²) in [4.78, 5) is 47.9. The number of hydrogen-bond acceptors (Lipinski definition) is 6.